The standard InChI is InChI=1S/C14H22N2O/c1-10(2)11-3-6-14(17,7-4-11)12-9-16-8-5-13(12)15/h5,8-11,17H,3-4,6-7H2,1-2H3,(H2,15,16). The fraction of sp³-hybridized carbons (Fsp3) is 0.643. The van der Waals surface area contributed by atoms with E-state index in [4.69, 9.17) is 5.73 Å². The van der Waals surface area contributed by atoms with Crippen molar-refractivity contribution in [3.05, 3.63) is 24.0 Å². The summed E-state index contributed by atoms with van der Waals surface area (Å²) in [6.07, 6.45) is 7.12. The molecule has 0 aromatic carbocycles. The minimum absolute atomic E-state index is 0.658. The van der Waals surface area contributed by atoms with Gasteiger partial charge in [0.15, 0.2) is 0 Å². The van der Waals surface area contributed by atoms with Crippen LogP contribution in [0.1, 0.15) is 45.1 Å². The first kappa shape index (κ1) is 12.4. The van der Waals surface area contributed by atoms with Gasteiger partial charge in [-0.1, -0.05) is 13.8 Å². The Hall–Kier alpha value is -1.09. The summed E-state index contributed by atoms with van der Waals surface area (Å²) in [4.78, 5) is 4.08. The lowest BCUT2D eigenvalue weighted by atomic mass is 9.72. The van der Waals surface area contributed by atoms with E-state index in [0.717, 1.165) is 37.2 Å². The molecule has 3 nitrogen and oxygen atoms in total. The highest BCUT2D eigenvalue weighted by Crippen LogP contribution is 2.43. The number of hydrogen-bond donors (Lipinski definition) is 2. The average molecular weight is 234 g/mol. The third kappa shape index (κ3) is 2.44. The Bertz CT molecular complexity index is 382. The minimum atomic E-state index is -0.760. The molecule has 0 radical (unpaired) electrons. The van der Waals surface area contributed by atoms with E-state index in [1.165, 1.54) is 0 Å². The minimum Gasteiger partial charge on any atom is -0.398 e. The largest absolute Gasteiger partial charge is 0.398 e. The smallest absolute Gasteiger partial charge is 0.0931 e. The predicted octanol–water partition coefficient (Wildman–Crippen LogP) is 2.70. The molecule has 1 aromatic rings. The zero-order chi connectivity index (χ0) is 12.5. The third-order valence-corrected chi connectivity index (χ3v) is 4.16. The number of aliphatic hydroxyl groups is 1. The van der Waals surface area contributed by atoms with E-state index in [1.807, 2.05) is 0 Å². The van der Waals surface area contributed by atoms with Crippen molar-refractivity contribution in [2.75, 3.05) is 5.73 Å². The molecule has 1 aliphatic carbocycles. The van der Waals surface area contributed by atoms with Gasteiger partial charge in [0.1, 0.15) is 0 Å². The van der Waals surface area contributed by atoms with Crippen LogP contribution in [0.5, 0.6) is 0 Å². The Morgan fingerprint density at radius 3 is 2.59 bits per heavy atom. The Morgan fingerprint density at radius 1 is 1.41 bits per heavy atom. The molecule has 0 unspecified atom stereocenters. The highest BCUT2D eigenvalue weighted by Gasteiger charge is 2.36. The van der Waals surface area contributed by atoms with Gasteiger partial charge in [-0.05, 0) is 43.6 Å². The summed E-state index contributed by atoms with van der Waals surface area (Å²) in [5.41, 5.74) is 6.64. The van der Waals surface area contributed by atoms with Gasteiger partial charge in [0, 0.05) is 23.6 Å². The summed E-state index contributed by atoms with van der Waals surface area (Å²) in [6, 6.07) is 1.77. The van der Waals surface area contributed by atoms with E-state index in [0.29, 0.717) is 11.6 Å². The molecule has 2 rings (SSSR count). The topological polar surface area (TPSA) is 59.1 Å². The molecule has 94 valence electrons. The molecule has 1 saturated carbocycles. The fourth-order valence-corrected chi connectivity index (χ4v) is 2.85. The van der Waals surface area contributed by atoms with Crippen molar-refractivity contribution in [3.63, 3.8) is 0 Å². The van der Waals surface area contributed by atoms with E-state index in [-0.39, 0.29) is 0 Å². The van der Waals surface area contributed by atoms with Crippen molar-refractivity contribution < 1.29 is 5.11 Å². The van der Waals surface area contributed by atoms with Crippen molar-refractivity contribution in [2.24, 2.45) is 11.8 Å². The van der Waals surface area contributed by atoms with E-state index in [2.05, 4.69) is 18.8 Å². The average Bonchev–Trinajstić information content (AvgIpc) is 2.30. The molecule has 17 heavy (non-hydrogen) atoms. The number of nitrogens with zero attached hydrogens (tertiary/aromatic N) is 1. The van der Waals surface area contributed by atoms with E-state index < -0.39 is 5.60 Å². The van der Waals surface area contributed by atoms with Crippen LogP contribution < -0.4 is 5.73 Å². The normalized spacial score (nSPS) is 29.5. The lowest BCUT2D eigenvalue weighted by Crippen LogP contribution is -2.33. The highest BCUT2D eigenvalue weighted by molar-refractivity contribution is 5.47. The highest BCUT2D eigenvalue weighted by atomic mass is 16.3. The van der Waals surface area contributed by atoms with Gasteiger partial charge >= 0.3 is 0 Å². The molecule has 1 aliphatic rings. The maximum Gasteiger partial charge on any atom is 0.0931 e. The van der Waals surface area contributed by atoms with Gasteiger partial charge in [0.05, 0.1) is 5.60 Å². The number of rotatable bonds is 2. The second-order valence-corrected chi connectivity index (χ2v) is 5.58. The third-order valence-electron chi connectivity index (χ3n) is 4.16. The van der Waals surface area contributed by atoms with Crippen molar-refractivity contribution in [1.29, 1.82) is 0 Å². The zero-order valence-corrected chi connectivity index (χ0v) is 10.7. The SMILES string of the molecule is CC(C)C1CCC(O)(c2cnccc2N)CC1. The maximum absolute atomic E-state index is 10.7. The summed E-state index contributed by atoms with van der Waals surface area (Å²) >= 11 is 0. The van der Waals surface area contributed by atoms with Crippen LogP contribution in [0.2, 0.25) is 0 Å². The molecular formula is C14H22N2O. The van der Waals surface area contributed by atoms with E-state index in [9.17, 15) is 5.11 Å². The molecule has 0 bridgehead atoms. The van der Waals surface area contributed by atoms with Crippen molar-refractivity contribution >= 4 is 5.69 Å². The van der Waals surface area contributed by atoms with Gasteiger partial charge in [0.2, 0.25) is 0 Å². The summed E-state index contributed by atoms with van der Waals surface area (Å²) in [5.74, 6) is 1.43. The Labute approximate surface area is 103 Å². The molecule has 3 N–H and O–H groups in total. The molecule has 1 heterocycles. The van der Waals surface area contributed by atoms with Crippen LogP contribution in [0.25, 0.3) is 0 Å². The zero-order valence-electron chi connectivity index (χ0n) is 10.7. The fourth-order valence-electron chi connectivity index (χ4n) is 2.85. The number of nitrogens with two attached hydrogens (primary N) is 1. The lowest BCUT2D eigenvalue weighted by Gasteiger charge is -2.38. The summed E-state index contributed by atoms with van der Waals surface area (Å²) in [6.45, 7) is 4.51. The van der Waals surface area contributed by atoms with Gasteiger partial charge < -0.3 is 10.8 Å². The number of nitrogen functional groups attached to an aromatic ring is 1. The van der Waals surface area contributed by atoms with Crippen LogP contribution in [0.3, 0.4) is 0 Å². The van der Waals surface area contributed by atoms with Crippen LogP contribution in [-0.4, -0.2) is 10.1 Å². The van der Waals surface area contributed by atoms with Gasteiger partial charge in [-0.2, -0.15) is 0 Å². The molecule has 0 amide bonds. The first-order chi connectivity index (χ1) is 8.03. The first-order valence-electron chi connectivity index (χ1n) is 6.45. The summed E-state index contributed by atoms with van der Waals surface area (Å²) < 4.78 is 0. The Kier molecular flexibility index (Phi) is 3.38. The van der Waals surface area contributed by atoms with E-state index in [1.54, 1.807) is 18.5 Å². The van der Waals surface area contributed by atoms with Crippen molar-refractivity contribution in [1.82, 2.24) is 4.98 Å². The van der Waals surface area contributed by atoms with Crippen LogP contribution in [0, 0.1) is 11.8 Å². The van der Waals surface area contributed by atoms with Crippen molar-refractivity contribution in [2.45, 2.75) is 45.1 Å². The number of pyridine rings is 1. The van der Waals surface area contributed by atoms with Crippen LogP contribution >= 0.6 is 0 Å². The summed E-state index contributed by atoms with van der Waals surface area (Å²) in [7, 11) is 0. The quantitative estimate of drug-likeness (QED) is 0.827. The van der Waals surface area contributed by atoms with E-state index >= 15 is 0 Å². The molecule has 0 atom stereocenters. The molecule has 3 heteroatoms. The van der Waals surface area contributed by atoms with Gasteiger partial charge in [-0.25, -0.2) is 0 Å². The molecule has 0 saturated heterocycles. The number of anilines is 1. The van der Waals surface area contributed by atoms with Crippen LogP contribution in [0.15, 0.2) is 18.5 Å². The van der Waals surface area contributed by atoms with Crippen LogP contribution in [-0.2, 0) is 5.60 Å². The Morgan fingerprint density at radius 2 is 2.06 bits per heavy atom. The molecule has 0 aliphatic heterocycles. The first-order valence-corrected chi connectivity index (χ1v) is 6.45. The summed E-state index contributed by atoms with van der Waals surface area (Å²) in [5, 5.41) is 10.7. The molecule has 0 spiro atoms. The molecule has 1 fully saturated rings. The van der Waals surface area contributed by atoms with Crippen molar-refractivity contribution in [3.8, 4) is 0 Å². The molecule has 1 aromatic heterocycles. The lowest BCUT2D eigenvalue weighted by molar-refractivity contribution is -0.0195. The van der Waals surface area contributed by atoms with Crippen LogP contribution in [0.4, 0.5) is 5.69 Å². The van der Waals surface area contributed by atoms with Gasteiger partial charge in [-0.3, -0.25) is 4.98 Å². The molecular weight excluding hydrogens is 212 g/mol. The second kappa shape index (κ2) is 4.65. The number of hydrogen-bond acceptors (Lipinski definition) is 3. The Balaban J connectivity index is 2.15. The number of aromatic nitrogens is 1. The maximum atomic E-state index is 10.7. The van der Waals surface area contributed by atoms with Gasteiger partial charge in [0.25, 0.3) is 0 Å². The predicted molar refractivity (Wildman–Crippen MR) is 69.3 cm³/mol. The van der Waals surface area contributed by atoms with Gasteiger partial charge in [-0.15, -0.1) is 0 Å². The second-order valence-electron chi connectivity index (χ2n) is 5.58. The monoisotopic (exact) mass is 234 g/mol.